The third-order valence-corrected chi connectivity index (χ3v) is 7.41. The van der Waals surface area contributed by atoms with E-state index in [2.05, 4.69) is 60.7 Å². The van der Waals surface area contributed by atoms with Gasteiger partial charge in [-0.25, -0.2) is 0 Å². The Hall–Kier alpha value is -4.63. The minimum Gasteiger partial charge on any atom is -0.166 e. The van der Waals surface area contributed by atoms with Gasteiger partial charge >= 0.3 is 6.18 Å². The van der Waals surface area contributed by atoms with Gasteiger partial charge in [0.05, 0.1) is 5.56 Å². The van der Waals surface area contributed by atoms with Gasteiger partial charge in [-0.1, -0.05) is 91.0 Å². The molecule has 0 fully saturated rings. The molecule has 0 unspecified atom stereocenters. The zero-order chi connectivity index (χ0) is 25.9. The zero-order valence-electron chi connectivity index (χ0n) is 20.3. The first-order chi connectivity index (χ1) is 18.5. The molecule has 182 valence electrons. The van der Waals surface area contributed by atoms with Gasteiger partial charge in [0, 0.05) is 0 Å². The maximum Gasteiger partial charge on any atom is 0.416 e. The number of halogens is 3. The Morgan fingerprint density at radius 2 is 0.816 bits per heavy atom. The number of fused-ring (bicyclic) bond motifs is 4. The van der Waals surface area contributed by atoms with E-state index in [0.717, 1.165) is 60.0 Å². The molecule has 0 nitrogen and oxygen atoms in total. The van der Waals surface area contributed by atoms with Crippen molar-refractivity contribution in [3.05, 3.63) is 133 Å². The van der Waals surface area contributed by atoms with Crippen molar-refractivity contribution in [3.8, 4) is 22.3 Å². The van der Waals surface area contributed by atoms with Crippen molar-refractivity contribution < 1.29 is 13.2 Å². The molecular formula is C35H21F3. The van der Waals surface area contributed by atoms with Crippen molar-refractivity contribution in [2.24, 2.45) is 0 Å². The van der Waals surface area contributed by atoms with Crippen LogP contribution in [0.15, 0.2) is 127 Å². The molecule has 7 rings (SSSR count). The molecule has 0 heterocycles. The summed E-state index contributed by atoms with van der Waals surface area (Å²) in [5, 5.41) is 8.72. The van der Waals surface area contributed by atoms with E-state index in [1.165, 1.54) is 17.5 Å². The highest BCUT2D eigenvalue weighted by Crippen LogP contribution is 2.45. The number of rotatable bonds is 2. The topological polar surface area (TPSA) is 0 Å². The van der Waals surface area contributed by atoms with Crippen LogP contribution in [0.3, 0.4) is 0 Å². The highest BCUT2D eigenvalue weighted by molar-refractivity contribution is 6.24. The van der Waals surface area contributed by atoms with E-state index in [-0.39, 0.29) is 0 Å². The Balaban J connectivity index is 1.65. The predicted octanol–water partition coefficient (Wildman–Crippen LogP) is 10.7. The summed E-state index contributed by atoms with van der Waals surface area (Å²) in [6.45, 7) is 0. The van der Waals surface area contributed by atoms with Gasteiger partial charge in [0.2, 0.25) is 0 Å². The standard InChI is InChI=1S/C35H21F3/c36-35(37,38)28-16-14-23(15-17-28)34-30-13-7-6-12-29(30)33(22-8-2-1-3-9-22)31-20-26-18-24-10-4-5-11-25(24)19-27(26)21-32(31)34/h1-21H. The zero-order valence-corrected chi connectivity index (χ0v) is 20.3. The lowest BCUT2D eigenvalue weighted by Crippen LogP contribution is -2.04. The third-order valence-electron chi connectivity index (χ3n) is 7.41. The average Bonchev–Trinajstić information content (AvgIpc) is 2.94. The molecule has 0 atom stereocenters. The molecule has 0 bridgehead atoms. The Bertz CT molecular complexity index is 1980. The summed E-state index contributed by atoms with van der Waals surface area (Å²) in [4.78, 5) is 0. The van der Waals surface area contributed by atoms with Crippen LogP contribution < -0.4 is 0 Å². The molecule has 38 heavy (non-hydrogen) atoms. The fourth-order valence-corrected chi connectivity index (χ4v) is 5.67. The van der Waals surface area contributed by atoms with E-state index in [4.69, 9.17) is 0 Å². The Morgan fingerprint density at radius 1 is 0.368 bits per heavy atom. The molecule has 0 saturated carbocycles. The molecule has 0 N–H and O–H groups in total. The van der Waals surface area contributed by atoms with E-state index in [1.54, 1.807) is 12.1 Å². The smallest absolute Gasteiger partial charge is 0.166 e. The summed E-state index contributed by atoms with van der Waals surface area (Å²) in [7, 11) is 0. The monoisotopic (exact) mass is 498 g/mol. The van der Waals surface area contributed by atoms with Crippen LogP contribution in [0.1, 0.15) is 5.56 Å². The number of alkyl halides is 3. The summed E-state index contributed by atoms with van der Waals surface area (Å²) in [5.41, 5.74) is 3.29. The van der Waals surface area contributed by atoms with Gasteiger partial charge in [-0.3, -0.25) is 0 Å². The van der Waals surface area contributed by atoms with Crippen LogP contribution in [0, 0.1) is 0 Å². The fourth-order valence-electron chi connectivity index (χ4n) is 5.67. The summed E-state index contributed by atoms with van der Waals surface area (Å²) >= 11 is 0. The summed E-state index contributed by atoms with van der Waals surface area (Å²) < 4.78 is 40.1. The lowest BCUT2D eigenvalue weighted by atomic mass is 9.84. The molecule has 0 aromatic heterocycles. The second kappa shape index (κ2) is 8.46. The van der Waals surface area contributed by atoms with Gasteiger partial charge < -0.3 is 0 Å². The Labute approximate surface area is 217 Å². The fraction of sp³-hybridized carbons (Fsp3) is 0.0286. The summed E-state index contributed by atoms with van der Waals surface area (Å²) in [6, 6.07) is 41.2. The van der Waals surface area contributed by atoms with Crippen LogP contribution in [-0.4, -0.2) is 0 Å². The van der Waals surface area contributed by atoms with Crippen LogP contribution in [0.25, 0.3) is 65.3 Å². The van der Waals surface area contributed by atoms with Crippen molar-refractivity contribution in [2.75, 3.05) is 0 Å². The Morgan fingerprint density at radius 3 is 1.32 bits per heavy atom. The van der Waals surface area contributed by atoms with E-state index in [0.29, 0.717) is 0 Å². The SMILES string of the molecule is FC(F)(F)c1ccc(-c2c3ccccc3c(-c3ccccc3)c3cc4cc5ccccc5cc4cc23)cc1. The van der Waals surface area contributed by atoms with Crippen molar-refractivity contribution in [2.45, 2.75) is 6.18 Å². The van der Waals surface area contributed by atoms with Crippen LogP contribution in [0.5, 0.6) is 0 Å². The van der Waals surface area contributed by atoms with Gasteiger partial charge in [-0.15, -0.1) is 0 Å². The maximum absolute atomic E-state index is 13.4. The first-order valence-corrected chi connectivity index (χ1v) is 12.5. The molecule has 0 amide bonds. The highest BCUT2D eigenvalue weighted by atomic mass is 19.4. The van der Waals surface area contributed by atoms with Crippen molar-refractivity contribution in [1.29, 1.82) is 0 Å². The van der Waals surface area contributed by atoms with Crippen LogP contribution in [-0.2, 0) is 6.18 Å². The quantitative estimate of drug-likeness (QED) is 0.208. The molecule has 3 heteroatoms. The lowest BCUT2D eigenvalue weighted by molar-refractivity contribution is -0.137. The largest absolute Gasteiger partial charge is 0.416 e. The van der Waals surface area contributed by atoms with Crippen molar-refractivity contribution >= 4 is 43.1 Å². The molecule has 0 aliphatic rings. The third kappa shape index (κ3) is 3.62. The normalized spacial score (nSPS) is 12.1. The first-order valence-electron chi connectivity index (χ1n) is 12.5. The van der Waals surface area contributed by atoms with E-state index in [9.17, 15) is 13.2 Å². The lowest BCUT2D eigenvalue weighted by Gasteiger charge is -2.19. The Kier molecular flexibility index (Phi) is 5.02. The molecule has 0 saturated heterocycles. The van der Waals surface area contributed by atoms with E-state index < -0.39 is 11.7 Å². The van der Waals surface area contributed by atoms with Crippen LogP contribution in [0.2, 0.25) is 0 Å². The van der Waals surface area contributed by atoms with E-state index in [1.807, 2.05) is 42.5 Å². The maximum atomic E-state index is 13.4. The van der Waals surface area contributed by atoms with Gasteiger partial charge in [0.25, 0.3) is 0 Å². The van der Waals surface area contributed by atoms with Gasteiger partial charge in [-0.05, 0) is 102 Å². The molecular weight excluding hydrogens is 477 g/mol. The average molecular weight is 499 g/mol. The molecule has 0 radical (unpaired) electrons. The summed E-state index contributed by atoms with van der Waals surface area (Å²) in [5.74, 6) is 0. The number of hydrogen-bond acceptors (Lipinski definition) is 0. The van der Waals surface area contributed by atoms with Crippen molar-refractivity contribution in [1.82, 2.24) is 0 Å². The molecule has 0 aliphatic heterocycles. The molecule has 0 spiro atoms. The second-order valence-corrected chi connectivity index (χ2v) is 9.68. The first kappa shape index (κ1) is 22.6. The minimum absolute atomic E-state index is 0.646. The molecule has 7 aromatic carbocycles. The van der Waals surface area contributed by atoms with Crippen molar-refractivity contribution in [3.63, 3.8) is 0 Å². The predicted molar refractivity (Wildman–Crippen MR) is 152 cm³/mol. The van der Waals surface area contributed by atoms with Gasteiger partial charge in [0.15, 0.2) is 0 Å². The van der Waals surface area contributed by atoms with Gasteiger partial charge in [0.1, 0.15) is 0 Å². The molecule has 0 aliphatic carbocycles. The van der Waals surface area contributed by atoms with Crippen LogP contribution >= 0.6 is 0 Å². The summed E-state index contributed by atoms with van der Waals surface area (Å²) in [6.07, 6.45) is -4.38. The van der Waals surface area contributed by atoms with E-state index >= 15 is 0 Å². The highest BCUT2D eigenvalue weighted by Gasteiger charge is 2.30. The second-order valence-electron chi connectivity index (χ2n) is 9.68. The number of hydrogen-bond donors (Lipinski definition) is 0. The molecule has 7 aromatic rings. The van der Waals surface area contributed by atoms with Crippen LogP contribution in [0.4, 0.5) is 13.2 Å². The van der Waals surface area contributed by atoms with Gasteiger partial charge in [-0.2, -0.15) is 13.2 Å². The minimum atomic E-state index is -4.38. The number of benzene rings is 7.